The maximum absolute atomic E-state index is 13.7. The fourth-order valence-electron chi connectivity index (χ4n) is 2.51. The van der Waals surface area contributed by atoms with Crippen molar-refractivity contribution in [2.24, 2.45) is 0 Å². The number of imide groups is 1. The van der Waals surface area contributed by atoms with Gasteiger partial charge < -0.3 is 0 Å². The van der Waals surface area contributed by atoms with Crippen molar-refractivity contribution in [1.82, 2.24) is 9.88 Å². The molecule has 22 heavy (non-hydrogen) atoms. The molecule has 0 N–H and O–H groups in total. The lowest BCUT2D eigenvalue weighted by Crippen LogP contribution is -2.39. The molecule has 2 aromatic rings. The van der Waals surface area contributed by atoms with Crippen LogP contribution in [0.1, 0.15) is 24.8 Å². The zero-order valence-electron chi connectivity index (χ0n) is 12.0. The molecule has 2 amide bonds. The van der Waals surface area contributed by atoms with Gasteiger partial charge in [0.1, 0.15) is 5.82 Å². The third-order valence-electron chi connectivity index (χ3n) is 3.70. The largest absolute Gasteiger partial charge is 0.278 e. The molecule has 5 heteroatoms. The topological polar surface area (TPSA) is 50.3 Å². The lowest BCUT2D eigenvalue weighted by molar-refractivity contribution is -0.148. The van der Waals surface area contributed by atoms with E-state index in [4.69, 9.17) is 0 Å². The molecule has 0 unspecified atom stereocenters. The van der Waals surface area contributed by atoms with Crippen LogP contribution >= 0.6 is 0 Å². The SMILES string of the molecule is O=C1CCCC(=O)N1Cc1ccc(-c2ccccc2F)nc1. The summed E-state index contributed by atoms with van der Waals surface area (Å²) in [6, 6.07) is 9.89. The van der Waals surface area contributed by atoms with E-state index in [0.29, 0.717) is 30.5 Å². The Bertz CT molecular complexity index is 697. The van der Waals surface area contributed by atoms with Gasteiger partial charge in [-0.05, 0) is 30.2 Å². The molecule has 3 rings (SSSR count). The van der Waals surface area contributed by atoms with Crippen molar-refractivity contribution in [3.63, 3.8) is 0 Å². The minimum Gasteiger partial charge on any atom is -0.278 e. The zero-order valence-corrected chi connectivity index (χ0v) is 12.0. The summed E-state index contributed by atoms with van der Waals surface area (Å²) < 4.78 is 13.7. The van der Waals surface area contributed by atoms with Crippen LogP contribution in [0.5, 0.6) is 0 Å². The lowest BCUT2D eigenvalue weighted by atomic mass is 10.1. The number of nitrogens with zero attached hydrogens (tertiary/aromatic N) is 2. The fraction of sp³-hybridized carbons (Fsp3) is 0.235. The summed E-state index contributed by atoms with van der Waals surface area (Å²) in [5.41, 5.74) is 1.71. The van der Waals surface area contributed by atoms with Crippen molar-refractivity contribution in [2.75, 3.05) is 0 Å². The Hall–Kier alpha value is -2.56. The number of aromatic nitrogens is 1. The van der Waals surface area contributed by atoms with E-state index in [0.717, 1.165) is 5.56 Å². The molecule has 112 valence electrons. The number of carbonyl (C=O) groups excluding carboxylic acids is 2. The first-order chi connectivity index (χ1) is 10.6. The molecule has 1 aliphatic heterocycles. The molecule has 2 heterocycles. The van der Waals surface area contributed by atoms with E-state index < -0.39 is 0 Å². The number of carbonyl (C=O) groups is 2. The molecule has 0 spiro atoms. The van der Waals surface area contributed by atoms with Crippen molar-refractivity contribution >= 4 is 11.8 Å². The number of hydrogen-bond acceptors (Lipinski definition) is 3. The number of halogens is 1. The average Bonchev–Trinajstić information content (AvgIpc) is 2.52. The number of amides is 2. The van der Waals surface area contributed by atoms with E-state index in [2.05, 4.69) is 4.98 Å². The number of hydrogen-bond donors (Lipinski definition) is 0. The van der Waals surface area contributed by atoms with Gasteiger partial charge in [0.2, 0.25) is 11.8 Å². The third-order valence-corrected chi connectivity index (χ3v) is 3.70. The number of rotatable bonds is 3. The van der Waals surface area contributed by atoms with Gasteiger partial charge >= 0.3 is 0 Å². The number of benzene rings is 1. The molecule has 1 aromatic heterocycles. The van der Waals surface area contributed by atoms with Crippen LogP contribution in [0.2, 0.25) is 0 Å². The highest BCUT2D eigenvalue weighted by Crippen LogP contribution is 2.21. The second-order valence-corrected chi connectivity index (χ2v) is 5.26. The quantitative estimate of drug-likeness (QED) is 0.819. The van der Waals surface area contributed by atoms with Crippen molar-refractivity contribution in [3.8, 4) is 11.3 Å². The van der Waals surface area contributed by atoms with Crippen LogP contribution in [0.25, 0.3) is 11.3 Å². The van der Waals surface area contributed by atoms with Crippen LogP contribution < -0.4 is 0 Å². The van der Waals surface area contributed by atoms with E-state index in [-0.39, 0.29) is 24.2 Å². The molecule has 4 nitrogen and oxygen atoms in total. The fourth-order valence-corrected chi connectivity index (χ4v) is 2.51. The van der Waals surface area contributed by atoms with Gasteiger partial charge in [-0.2, -0.15) is 0 Å². The highest BCUT2D eigenvalue weighted by atomic mass is 19.1. The zero-order chi connectivity index (χ0) is 15.5. The van der Waals surface area contributed by atoms with E-state index in [1.54, 1.807) is 36.5 Å². The monoisotopic (exact) mass is 298 g/mol. The molecule has 0 atom stereocenters. The smallest absolute Gasteiger partial charge is 0.229 e. The van der Waals surface area contributed by atoms with Crippen LogP contribution in [0.4, 0.5) is 4.39 Å². The maximum Gasteiger partial charge on any atom is 0.229 e. The minimum atomic E-state index is -0.330. The summed E-state index contributed by atoms with van der Waals surface area (Å²) in [7, 11) is 0. The van der Waals surface area contributed by atoms with E-state index in [1.807, 2.05) is 0 Å². The Morgan fingerprint density at radius 3 is 2.41 bits per heavy atom. The first kappa shape index (κ1) is 14.4. The molecule has 1 aromatic carbocycles. The van der Waals surface area contributed by atoms with Gasteiger partial charge in [-0.3, -0.25) is 19.5 Å². The van der Waals surface area contributed by atoms with Gasteiger partial charge in [-0.1, -0.05) is 18.2 Å². The van der Waals surface area contributed by atoms with Crippen molar-refractivity contribution < 1.29 is 14.0 Å². The second-order valence-electron chi connectivity index (χ2n) is 5.26. The number of pyridine rings is 1. The molecule has 0 bridgehead atoms. The van der Waals surface area contributed by atoms with E-state index in [1.165, 1.54) is 11.0 Å². The minimum absolute atomic E-state index is 0.144. The van der Waals surface area contributed by atoms with Gasteiger partial charge in [0.25, 0.3) is 0 Å². The summed E-state index contributed by atoms with van der Waals surface area (Å²) in [4.78, 5) is 29.1. The molecule has 0 aliphatic carbocycles. The molecule has 1 saturated heterocycles. The van der Waals surface area contributed by atoms with Crippen LogP contribution in [0.15, 0.2) is 42.6 Å². The maximum atomic E-state index is 13.7. The predicted octanol–water partition coefficient (Wildman–Crippen LogP) is 2.93. The first-order valence-corrected chi connectivity index (χ1v) is 7.18. The molecule has 1 aliphatic rings. The number of piperidine rings is 1. The molecular formula is C17H15FN2O2. The first-order valence-electron chi connectivity index (χ1n) is 7.18. The molecule has 1 fully saturated rings. The average molecular weight is 298 g/mol. The van der Waals surface area contributed by atoms with Gasteiger partial charge in [0.05, 0.1) is 12.2 Å². The van der Waals surface area contributed by atoms with Gasteiger partial charge in [0.15, 0.2) is 0 Å². The van der Waals surface area contributed by atoms with Gasteiger partial charge in [-0.25, -0.2) is 4.39 Å². The molecule has 0 radical (unpaired) electrons. The van der Waals surface area contributed by atoms with Crippen LogP contribution in [-0.2, 0) is 16.1 Å². The number of likely N-dealkylation sites (tertiary alicyclic amines) is 1. The standard InChI is InChI=1S/C17H15FN2O2/c18-14-5-2-1-4-13(14)15-9-8-12(10-19-15)11-20-16(21)6-3-7-17(20)22/h1-2,4-5,8-10H,3,6-7,11H2. The van der Waals surface area contributed by atoms with E-state index >= 15 is 0 Å². The van der Waals surface area contributed by atoms with Gasteiger partial charge in [0, 0.05) is 24.6 Å². The Kier molecular flexibility index (Phi) is 3.96. The van der Waals surface area contributed by atoms with E-state index in [9.17, 15) is 14.0 Å². The second kappa shape index (κ2) is 6.05. The van der Waals surface area contributed by atoms with Crippen molar-refractivity contribution in [2.45, 2.75) is 25.8 Å². The molecular weight excluding hydrogens is 283 g/mol. The lowest BCUT2D eigenvalue weighted by Gasteiger charge is -2.24. The predicted molar refractivity (Wildman–Crippen MR) is 79.0 cm³/mol. The Labute approximate surface area is 127 Å². The highest BCUT2D eigenvalue weighted by molar-refractivity contribution is 5.97. The summed E-state index contributed by atoms with van der Waals surface area (Å²) in [5, 5.41) is 0. The van der Waals surface area contributed by atoms with Gasteiger partial charge in [-0.15, -0.1) is 0 Å². The Morgan fingerprint density at radius 2 is 1.77 bits per heavy atom. The third kappa shape index (κ3) is 2.88. The summed E-state index contributed by atoms with van der Waals surface area (Å²) in [6.07, 6.45) is 3.02. The normalized spacial score (nSPS) is 15.2. The van der Waals surface area contributed by atoms with Crippen LogP contribution in [0, 0.1) is 5.82 Å². The van der Waals surface area contributed by atoms with Crippen LogP contribution in [0.3, 0.4) is 0 Å². The van der Waals surface area contributed by atoms with Crippen molar-refractivity contribution in [3.05, 3.63) is 54.0 Å². The molecule has 0 saturated carbocycles. The Balaban J connectivity index is 1.79. The Morgan fingerprint density at radius 1 is 1.05 bits per heavy atom. The van der Waals surface area contributed by atoms with Crippen LogP contribution in [-0.4, -0.2) is 21.7 Å². The van der Waals surface area contributed by atoms with Crippen molar-refractivity contribution in [1.29, 1.82) is 0 Å². The summed E-state index contributed by atoms with van der Waals surface area (Å²) in [6.45, 7) is 0.224. The summed E-state index contributed by atoms with van der Waals surface area (Å²) in [5.74, 6) is -0.618. The summed E-state index contributed by atoms with van der Waals surface area (Å²) >= 11 is 0. The highest BCUT2D eigenvalue weighted by Gasteiger charge is 2.25.